The summed E-state index contributed by atoms with van der Waals surface area (Å²) in [7, 11) is 1.90. The maximum Gasteiger partial charge on any atom is 0.239 e. The van der Waals surface area contributed by atoms with Crippen molar-refractivity contribution in [3.8, 4) is 0 Å². The van der Waals surface area contributed by atoms with Gasteiger partial charge >= 0.3 is 0 Å². The van der Waals surface area contributed by atoms with Crippen LogP contribution < -0.4 is 5.32 Å². The van der Waals surface area contributed by atoms with E-state index in [1.165, 1.54) is 17.5 Å². The minimum Gasteiger partial charge on any atom is -0.340 e. The minimum absolute atomic E-state index is 0.00124. The molecule has 2 unspecified atom stereocenters. The molecular weight excluding hydrogens is 248 g/mol. The first-order valence-corrected chi connectivity index (χ1v) is 7.66. The van der Waals surface area contributed by atoms with Gasteiger partial charge in [-0.1, -0.05) is 38.1 Å². The molecule has 1 saturated heterocycles. The molecule has 1 heterocycles. The summed E-state index contributed by atoms with van der Waals surface area (Å²) in [6.45, 7) is 6.02. The van der Waals surface area contributed by atoms with Crippen LogP contribution >= 0.6 is 0 Å². The monoisotopic (exact) mass is 274 g/mol. The SMILES string of the molecule is CCc1ccc(CN(C)C(=O)C2CC(C)CCN2)cc1. The van der Waals surface area contributed by atoms with Gasteiger partial charge in [0, 0.05) is 13.6 Å². The fraction of sp³-hybridized carbons (Fsp3) is 0.588. The molecule has 110 valence electrons. The quantitative estimate of drug-likeness (QED) is 0.915. The highest BCUT2D eigenvalue weighted by molar-refractivity contribution is 5.81. The first kappa shape index (κ1) is 15.0. The summed E-state index contributed by atoms with van der Waals surface area (Å²) in [5.74, 6) is 0.860. The molecule has 1 fully saturated rings. The fourth-order valence-electron chi connectivity index (χ4n) is 2.79. The number of benzene rings is 1. The van der Waals surface area contributed by atoms with Crippen molar-refractivity contribution in [3.05, 3.63) is 35.4 Å². The molecule has 1 aliphatic heterocycles. The summed E-state index contributed by atoms with van der Waals surface area (Å²) in [6, 6.07) is 8.54. The van der Waals surface area contributed by atoms with Gasteiger partial charge in [-0.3, -0.25) is 4.79 Å². The van der Waals surface area contributed by atoms with Crippen LogP contribution in [0.5, 0.6) is 0 Å². The van der Waals surface area contributed by atoms with Gasteiger partial charge in [0.15, 0.2) is 0 Å². The second-order valence-corrected chi connectivity index (χ2v) is 6.00. The summed E-state index contributed by atoms with van der Waals surface area (Å²) in [5, 5.41) is 3.34. The number of amides is 1. The van der Waals surface area contributed by atoms with Crippen LogP contribution in [-0.2, 0) is 17.8 Å². The molecule has 3 heteroatoms. The number of aryl methyl sites for hydroxylation is 1. The second-order valence-electron chi connectivity index (χ2n) is 6.00. The van der Waals surface area contributed by atoms with Gasteiger partial charge in [-0.05, 0) is 42.9 Å². The number of rotatable bonds is 4. The highest BCUT2D eigenvalue weighted by atomic mass is 16.2. The van der Waals surface area contributed by atoms with E-state index in [1.807, 2.05) is 11.9 Å². The van der Waals surface area contributed by atoms with E-state index in [0.29, 0.717) is 12.5 Å². The molecule has 0 spiro atoms. The average Bonchev–Trinajstić information content (AvgIpc) is 2.47. The van der Waals surface area contributed by atoms with E-state index < -0.39 is 0 Å². The van der Waals surface area contributed by atoms with Crippen LogP contribution in [0.4, 0.5) is 0 Å². The molecule has 0 saturated carbocycles. The first-order valence-electron chi connectivity index (χ1n) is 7.66. The van der Waals surface area contributed by atoms with Crippen LogP contribution in [0.3, 0.4) is 0 Å². The van der Waals surface area contributed by atoms with Gasteiger partial charge in [0.1, 0.15) is 0 Å². The number of likely N-dealkylation sites (N-methyl/N-ethyl adjacent to an activating group) is 1. The third kappa shape index (κ3) is 3.83. The Hall–Kier alpha value is -1.35. The van der Waals surface area contributed by atoms with Crippen molar-refractivity contribution in [1.29, 1.82) is 0 Å². The number of nitrogens with one attached hydrogen (secondary N) is 1. The second kappa shape index (κ2) is 6.89. The van der Waals surface area contributed by atoms with Gasteiger partial charge in [0.25, 0.3) is 0 Å². The fourth-order valence-corrected chi connectivity index (χ4v) is 2.79. The Balaban J connectivity index is 1.92. The Morgan fingerprint density at radius 2 is 1.95 bits per heavy atom. The zero-order valence-electron chi connectivity index (χ0n) is 12.9. The van der Waals surface area contributed by atoms with Crippen LogP contribution in [0, 0.1) is 5.92 Å². The van der Waals surface area contributed by atoms with Gasteiger partial charge < -0.3 is 10.2 Å². The van der Waals surface area contributed by atoms with Crippen LogP contribution in [0.15, 0.2) is 24.3 Å². The lowest BCUT2D eigenvalue weighted by molar-refractivity contribution is -0.133. The predicted octanol–water partition coefficient (Wildman–Crippen LogP) is 2.60. The normalized spacial score (nSPS) is 22.6. The average molecular weight is 274 g/mol. The topological polar surface area (TPSA) is 32.3 Å². The molecule has 2 rings (SSSR count). The molecule has 1 amide bonds. The van der Waals surface area contributed by atoms with Crippen molar-refractivity contribution >= 4 is 5.91 Å². The summed E-state index contributed by atoms with van der Waals surface area (Å²) in [5.41, 5.74) is 2.53. The summed E-state index contributed by atoms with van der Waals surface area (Å²) < 4.78 is 0. The third-order valence-electron chi connectivity index (χ3n) is 4.19. The predicted molar refractivity (Wildman–Crippen MR) is 82.5 cm³/mol. The van der Waals surface area contributed by atoms with Crippen LogP contribution in [-0.4, -0.2) is 30.4 Å². The van der Waals surface area contributed by atoms with E-state index in [2.05, 4.69) is 43.4 Å². The Kier molecular flexibility index (Phi) is 5.18. The molecule has 2 atom stereocenters. The van der Waals surface area contributed by atoms with Crippen molar-refractivity contribution < 1.29 is 4.79 Å². The van der Waals surface area contributed by atoms with Gasteiger partial charge in [0.05, 0.1) is 6.04 Å². The molecule has 0 aromatic heterocycles. The summed E-state index contributed by atoms with van der Waals surface area (Å²) >= 11 is 0. The number of nitrogens with zero attached hydrogens (tertiary/aromatic N) is 1. The Labute approximate surface area is 122 Å². The molecule has 0 bridgehead atoms. The zero-order valence-corrected chi connectivity index (χ0v) is 12.9. The van der Waals surface area contributed by atoms with Gasteiger partial charge in [-0.15, -0.1) is 0 Å². The number of hydrogen-bond donors (Lipinski definition) is 1. The molecule has 1 N–H and O–H groups in total. The summed E-state index contributed by atoms with van der Waals surface area (Å²) in [4.78, 5) is 14.3. The number of hydrogen-bond acceptors (Lipinski definition) is 2. The van der Waals surface area contributed by atoms with Crippen molar-refractivity contribution in [2.24, 2.45) is 5.92 Å². The molecule has 1 aromatic carbocycles. The number of carbonyl (C=O) groups excluding carboxylic acids is 1. The Morgan fingerprint density at radius 3 is 2.55 bits per heavy atom. The minimum atomic E-state index is -0.00124. The molecule has 0 aliphatic carbocycles. The van der Waals surface area contributed by atoms with Crippen molar-refractivity contribution in [1.82, 2.24) is 10.2 Å². The lowest BCUT2D eigenvalue weighted by Gasteiger charge is -2.30. The third-order valence-corrected chi connectivity index (χ3v) is 4.19. The largest absolute Gasteiger partial charge is 0.340 e. The lowest BCUT2D eigenvalue weighted by Crippen LogP contribution is -2.48. The molecule has 20 heavy (non-hydrogen) atoms. The maximum atomic E-state index is 12.4. The highest BCUT2D eigenvalue weighted by Gasteiger charge is 2.26. The van der Waals surface area contributed by atoms with E-state index in [9.17, 15) is 4.79 Å². The van der Waals surface area contributed by atoms with Crippen molar-refractivity contribution in [2.45, 2.75) is 45.7 Å². The maximum absolute atomic E-state index is 12.4. The number of piperidine rings is 1. The van der Waals surface area contributed by atoms with Gasteiger partial charge in [0.2, 0.25) is 5.91 Å². The highest BCUT2D eigenvalue weighted by Crippen LogP contribution is 2.17. The van der Waals surface area contributed by atoms with E-state index >= 15 is 0 Å². The van der Waals surface area contributed by atoms with Crippen LogP contribution in [0.1, 0.15) is 37.8 Å². The molecule has 1 aliphatic rings. The Bertz CT molecular complexity index is 441. The van der Waals surface area contributed by atoms with E-state index in [4.69, 9.17) is 0 Å². The first-order chi connectivity index (χ1) is 9.60. The molecule has 3 nitrogen and oxygen atoms in total. The van der Waals surface area contributed by atoms with Gasteiger partial charge in [-0.25, -0.2) is 0 Å². The molecule has 1 aromatic rings. The molecular formula is C17H26N2O. The van der Waals surface area contributed by atoms with Crippen molar-refractivity contribution in [2.75, 3.05) is 13.6 Å². The van der Waals surface area contributed by atoms with Crippen LogP contribution in [0.25, 0.3) is 0 Å². The number of carbonyl (C=O) groups is 1. The Morgan fingerprint density at radius 1 is 1.30 bits per heavy atom. The lowest BCUT2D eigenvalue weighted by atomic mass is 9.93. The van der Waals surface area contributed by atoms with Crippen molar-refractivity contribution in [3.63, 3.8) is 0 Å². The van der Waals surface area contributed by atoms with E-state index in [-0.39, 0.29) is 11.9 Å². The summed E-state index contributed by atoms with van der Waals surface area (Å²) in [6.07, 6.45) is 3.18. The molecule has 0 radical (unpaired) electrons. The van der Waals surface area contributed by atoms with E-state index in [0.717, 1.165) is 19.4 Å². The van der Waals surface area contributed by atoms with Gasteiger partial charge in [-0.2, -0.15) is 0 Å². The smallest absolute Gasteiger partial charge is 0.239 e. The standard InChI is InChI=1S/C17H26N2O/c1-4-14-5-7-15(8-6-14)12-19(3)17(20)16-11-13(2)9-10-18-16/h5-8,13,16,18H,4,9-12H2,1-3H3. The van der Waals surface area contributed by atoms with Crippen LogP contribution in [0.2, 0.25) is 0 Å². The van der Waals surface area contributed by atoms with E-state index in [1.54, 1.807) is 0 Å². The zero-order chi connectivity index (χ0) is 14.5.